The first-order valence-electron chi connectivity index (χ1n) is 6.68. The lowest BCUT2D eigenvalue weighted by atomic mass is 10.1. The van der Waals surface area contributed by atoms with Gasteiger partial charge in [-0.05, 0) is 35.6 Å². The van der Waals surface area contributed by atoms with Crippen molar-refractivity contribution in [3.63, 3.8) is 0 Å². The lowest BCUT2D eigenvalue weighted by Gasteiger charge is -2.12. The van der Waals surface area contributed by atoms with Gasteiger partial charge in [-0.15, -0.1) is 11.3 Å². The summed E-state index contributed by atoms with van der Waals surface area (Å²) in [5.41, 5.74) is 0.714. The highest BCUT2D eigenvalue weighted by Crippen LogP contribution is 2.16. The summed E-state index contributed by atoms with van der Waals surface area (Å²) in [4.78, 5) is 1.58. The van der Waals surface area contributed by atoms with Gasteiger partial charge in [0.25, 0.3) is 0 Å². The minimum Gasteiger partial charge on any atom is -0.387 e. The summed E-state index contributed by atoms with van der Waals surface area (Å²) in [5, 5.41) is 15.3. The van der Waals surface area contributed by atoms with Crippen molar-refractivity contribution >= 4 is 21.2 Å². The fraction of sp³-hybridized carbons (Fsp3) is 0.333. The Kier molecular flexibility index (Phi) is 5.52. The van der Waals surface area contributed by atoms with Crippen LogP contribution in [0.1, 0.15) is 16.5 Å². The van der Waals surface area contributed by atoms with E-state index < -0.39 is 15.9 Å². The maximum absolute atomic E-state index is 11.4. The first kappa shape index (κ1) is 16.2. The van der Waals surface area contributed by atoms with Gasteiger partial charge in [0.2, 0.25) is 0 Å². The van der Waals surface area contributed by atoms with Crippen LogP contribution in [0.4, 0.5) is 0 Å². The fourth-order valence-electron chi connectivity index (χ4n) is 1.96. The molecule has 1 aromatic carbocycles. The minimum absolute atomic E-state index is 0.268. The lowest BCUT2D eigenvalue weighted by Crippen LogP contribution is -2.23. The summed E-state index contributed by atoms with van der Waals surface area (Å²) in [6.07, 6.45) is 1.48. The van der Waals surface area contributed by atoms with Gasteiger partial charge >= 0.3 is 0 Å². The number of hydrogen-bond acceptors (Lipinski definition) is 5. The number of hydrogen-bond donors (Lipinski definition) is 2. The Bertz CT molecular complexity index is 649. The Morgan fingerprint density at radius 3 is 2.52 bits per heavy atom. The molecule has 1 atom stereocenters. The predicted octanol–water partition coefficient (Wildman–Crippen LogP) is 2.02. The maximum atomic E-state index is 11.4. The molecule has 0 saturated carbocycles. The second-order valence-corrected chi connectivity index (χ2v) is 7.94. The van der Waals surface area contributed by atoms with Gasteiger partial charge in [-0.1, -0.05) is 18.2 Å². The summed E-state index contributed by atoms with van der Waals surface area (Å²) in [7, 11) is -3.19. The Hall–Kier alpha value is -1.21. The summed E-state index contributed by atoms with van der Waals surface area (Å²) >= 11 is 1.72. The zero-order valence-corrected chi connectivity index (χ0v) is 13.5. The van der Waals surface area contributed by atoms with Crippen LogP contribution in [-0.2, 0) is 16.3 Å². The molecule has 2 aromatic rings. The molecule has 1 aromatic heterocycles. The van der Waals surface area contributed by atoms with E-state index in [4.69, 9.17) is 0 Å². The van der Waals surface area contributed by atoms with E-state index in [1.54, 1.807) is 23.5 Å². The largest absolute Gasteiger partial charge is 0.387 e. The molecule has 0 aliphatic heterocycles. The summed E-state index contributed by atoms with van der Waals surface area (Å²) in [5.74, 6) is 0. The molecule has 114 valence electrons. The van der Waals surface area contributed by atoms with Crippen LogP contribution in [0.2, 0.25) is 0 Å². The van der Waals surface area contributed by atoms with Crippen LogP contribution in [0.3, 0.4) is 0 Å². The van der Waals surface area contributed by atoms with Gasteiger partial charge in [0.15, 0.2) is 9.84 Å². The van der Waals surface area contributed by atoms with E-state index in [-0.39, 0.29) is 4.90 Å². The second-order valence-electron chi connectivity index (χ2n) is 4.89. The topological polar surface area (TPSA) is 66.4 Å². The van der Waals surface area contributed by atoms with Crippen molar-refractivity contribution in [2.24, 2.45) is 0 Å². The number of thiophene rings is 1. The van der Waals surface area contributed by atoms with Crippen molar-refractivity contribution in [2.75, 3.05) is 19.3 Å². The highest BCUT2D eigenvalue weighted by molar-refractivity contribution is 7.90. The Morgan fingerprint density at radius 1 is 1.24 bits per heavy atom. The van der Waals surface area contributed by atoms with Crippen molar-refractivity contribution in [1.29, 1.82) is 0 Å². The smallest absolute Gasteiger partial charge is 0.175 e. The van der Waals surface area contributed by atoms with E-state index in [2.05, 4.69) is 11.4 Å². The lowest BCUT2D eigenvalue weighted by molar-refractivity contribution is 0.175. The van der Waals surface area contributed by atoms with Gasteiger partial charge in [0.05, 0.1) is 11.0 Å². The van der Waals surface area contributed by atoms with Crippen LogP contribution < -0.4 is 5.32 Å². The molecule has 4 nitrogen and oxygen atoms in total. The number of rotatable bonds is 7. The molecule has 0 radical (unpaired) electrons. The average Bonchev–Trinajstić information content (AvgIpc) is 2.96. The average molecular weight is 325 g/mol. The van der Waals surface area contributed by atoms with E-state index in [0.29, 0.717) is 12.1 Å². The zero-order valence-electron chi connectivity index (χ0n) is 11.8. The number of aliphatic hydroxyl groups excluding tert-OH is 1. The molecule has 0 fully saturated rings. The Morgan fingerprint density at radius 2 is 1.95 bits per heavy atom. The quantitative estimate of drug-likeness (QED) is 0.764. The summed E-state index contributed by atoms with van der Waals surface area (Å²) in [6, 6.07) is 10.5. The van der Waals surface area contributed by atoms with E-state index in [9.17, 15) is 13.5 Å². The van der Waals surface area contributed by atoms with Crippen LogP contribution in [0.15, 0.2) is 46.7 Å². The fourth-order valence-corrected chi connectivity index (χ4v) is 3.30. The standard InChI is InChI=1S/C15H19NO3S2/c1-21(18,19)14-6-4-12(5-7-14)15(17)11-16-9-8-13-3-2-10-20-13/h2-7,10,15-17H,8-9,11H2,1H3/t15-/m0/s1. The van der Waals surface area contributed by atoms with Crippen molar-refractivity contribution in [3.8, 4) is 0 Å². The highest BCUT2D eigenvalue weighted by Gasteiger charge is 2.10. The zero-order chi connectivity index (χ0) is 15.3. The Balaban J connectivity index is 1.81. The molecule has 0 spiro atoms. The summed E-state index contributed by atoms with van der Waals surface area (Å²) in [6.45, 7) is 1.25. The van der Waals surface area contributed by atoms with Crippen molar-refractivity contribution < 1.29 is 13.5 Å². The predicted molar refractivity (Wildman–Crippen MR) is 85.4 cm³/mol. The van der Waals surface area contributed by atoms with Gasteiger partial charge in [0, 0.05) is 24.2 Å². The number of sulfone groups is 1. The molecular weight excluding hydrogens is 306 g/mol. The highest BCUT2D eigenvalue weighted by atomic mass is 32.2. The van der Waals surface area contributed by atoms with E-state index >= 15 is 0 Å². The Labute approximate surface area is 129 Å². The monoisotopic (exact) mass is 325 g/mol. The first-order chi connectivity index (χ1) is 9.97. The third kappa shape index (κ3) is 4.93. The normalized spacial score (nSPS) is 13.2. The molecule has 0 amide bonds. The van der Waals surface area contributed by atoms with Crippen LogP contribution in [-0.4, -0.2) is 32.9 Å². The van der Waals surface area contributed by atoms with Crippen LogP contribution in [0.25, 0.3) is 0 Å². The van der Waals surface area contributed by atoms with Crippen LogP contribution in [0.5, 0.6) is 0 Å². The third-order valence-corrected chi connectivity index (χ3v) is 5.22. The first-order valence-corrected chi connectivity index (χ1v) is 9.45. The van der Waals surface area contributed by atoms with Crippen molar-refractivity contribution in [1.82, 2.24) is 5.32 Å². The molecule has 0 unspecified atom stereocenters. The summed E-state index contributed by atoms with van der Waals surface area (Å²) < 4.78 is 22.7. The van der Waals surface area contributed by atoms with E-state index in [1.807, 2.05) is 11.4 Å². The maximum Gasteiger partial charge on any atom is 0.175 e. The van der Waals surface area contributed by atoms with Gasteiger partial charge in [0.1, 0.15) is 0 Å². The van der Waals surface area contributed by atoms with Gasteiger partial charge < -0.3 is 10.4 Å². The van der Waals surface area contributed by atoms with Gasteiger partial charge in [-0.2, -0.15) is 0 Å². The number of benzene rings is 1. The molecule has 2 N–H and O–H groups in total. The third-order valence-electron chi connectivity index (χ3n) is 3.16. The van der Waals surface area contributed by atoms with E-state index in [0.717, 1.165) is 13.0 Å². The van der Waals surface area contributed by atoms with Crippen molar-refractivity contribution in [3.05, 3.63) is 52.2 Å². The molecule has 0 aliphatic rings. The molecule has 1 heterocycles. The van der Waals surface area contributed by atoms with Crippen molar-refractivity contribution in [2.45, 2.75) is 17.4 Å². The molecule has 0 saturated heterocycles. The molecule has 0 aliphatic carbocycles. The minimum atomic E-state index is -3.19. The molecular formula is C15H19NO3S2. The van der Waals surface area contributed by atoms with Gasteiger partial charge in [-0.3, -0.25) is 0 Å². The van der Waals surface area contributed by atoms with E-state index in [1.165, 1.54) is 23.3 Å². The number of nitrogens with one attached hydrogen (secondary N) is 1. The van der Waals surface area contributed by atoms with Crippen LogP contribution >= 0.6 is 11.3 Å². The molecule has 21 heavy (non-hydrogen) atoms. The molecule has 6 heteroatoms. The number of aliphatic hydroxyl groups is 1. The second kappa shape index (κ2) is 7.17. The molecule has 2 rings (SSSR count). The van der Waals surface area contributed by atoms with Gasteiger partial charge in [-0.25, -0.2) is 8.42 Å². The SMILES string of the molecule is CS(=O)(=O)c1ccc([C@@H](O)CNCCc2cccs2)cc1. The van der Waals surface area contributed by atoms with Crippen LogP contribution in [0, 0.1) is 0 Å². The molecule has 0 bridgehead atoms.